The van der Waals surface area contributed by atoms with Gasteiger partial charge in [0.25, 0.3) is 0 Å². The number of para-hydroxylation sites is 1. The van der Waals surface area contributed by atoms with Crippen molar-refractivity contribution in [2.75, 3.05) is 13.3 Å². The molecule has 3 rings (SSSR count). The number of aromatic amines is 1. The number of nitrogens with one attached hydrogen (secondary N) is 1. The molecule has 0 aliphatic heterocycles. The van der Waals surface area contributed by atoms with Crippen molar-refractivity contribution < 1.29 is 13.2 Å². The SMILES string of the molecule is CN(C(=O)Cc1c[nH]c2ccccc12)[C@@H]1CCCC[C@H]1S(C)(=O)=O. The Morgan fingerprint density at radius 1 is 1.25 bits per heavy atom. The highest BCUT2D eigenvalue weighted by atomic mass is 32.2. The van der Waals surface area contributed by atoms with Crippen molar-refractivity contribution >= 4 is 26.6 Å². The van der Waals surface area contributed by atoms with E-state index >= 15 is 0 Å². The number of sulfone groups is 1. The summed E-state index contributed by atoms with van der Waals surface area (Å²) < 4.78 is 24.1. The maximum Gasteiger partial charge on any atom is 0.227 e. The molecule has 0 radical (unpaired) electrons. The first-order valence-corrected chi connectivity index (χ1v) is 10.3. The Kier molecular flexibility index (Phi) is 4.67. The van der Waals surface area contributed by atoms with Crippen LogP contribution in [0.25, 0.3) is 10.9 Å². The standard InChI is InChI=1S/C18H24N2O3S/c1-20(16-9-5-6-10-17(16)24(2,22)23)18(21)11-13-12-19-15-8-4-3-7-14(13)15/h3-4,7-8,12,16-17,19H,5-6,9-11H2,1-2H3/t16-,17-/m1/s1. The van der Waals surface area contributed by atoms with Crippen LogP contribution in [0.1, 0.15) is 31.2 Å². The molecule has 1 fully saturated rings. The number of fused-ring (bicyclic) bond motifs is 1. The highest BCUT2D eigenvalue weighted by Gasteiger charge is 2.36. The van der Waals surface area contributed by atoms with Crippen molar-refractivity contribution in [3.8, 4) is 0 Å². The summed E-state index contributed by atoms with van der Waals surface area (Å²) in [5.74, 6) is -0.0275. The molecule has 1 aliphatic rings. The average Bonchev–Trinajstić information content (AvgIpc) is 2.96. The summed E-state index contributed by atoms with van der Waals surface area (Å²) in [5.41, 5.74) is 1.96. The number of amides is 1. The van der Waals surface area contributed by atoms with Gasteiger partial charge in [-0.05, 0) is 24.5 Å². The summed E-state index contributed by atoms with van der Waals surface area (Å²) in [6.07, 6.45) is 6.73. The summed E-state index contributed by atoms with van der Waals surface area (Å²) in [6.45, 7) is 0. The minimum Gasteiger partial charge on any atom is -0.361 e. The van der Waals surface area contributed by atoms with Gasteiger partial charge in [0.15, 0.2) is 9.84 Å². The lowest BCUT2D eigenvalue weighted by molar-refractivity contribution is -0.131. The topological polar surface area (TPSA) is 70.2 Å². The number of carbonyl (C=O) groups excluding carboxylic acids is 1. The molecule has 1 aliphatic carbocycles. The van der Waals surface area contributed by atoms with E-state index < -0.39 is 15.1 Å². The van der Waals surface area contributed by atoms with Crippen LogP contribution >= 0.6 is 0 Å². The fourth-order valence-electron chi connectivity index (χ4n) is 3.77. The number of benzene rings is 1. The molecule has 0 saturated heterocycles. The molecule has 1 saturated carbocycles. The quantitative estimate of drug-likeness (QED) is 0.923. The maximum atomic E-state index is 12.7. The Hall–Kier alpha value is -1.82. The van der Waals surface area contributed by atoms with Gasteiger partial charge in [0.1, 0.15) is 0 Å². The van der Waals surface area contributed by atoms with Crippen LogP contribution in [0.15, 0.2) is 30.5 Å². The summed E-state index contributed by atoms with van der Waals surface area (Å²) in [6, 6.07) is 7.66. The zero-order valence-corrected chi connectivity index (χ0v) is 15.0. The van der Waals surface area contributed by atoms with E-state index in [4.69, 9.17) is 0 Å². The third-order valence-corrected chi connectivity index (χ3v) is 6.77. The fraction of sp³-hybridized carbons (Fsp3) is 0.500. The summed E-state index contributed by atoms with van der Waals surface area (Å²) in [5, 5.41) is 0.603. The first-order chi connectivity index (χ1) is 11.4. The van der Waals surface area contributed by atoms with Crippen LogP contribution in [0, 0.1) is 0 Å². The molecule has 2 atom stereocenters. The summed E-state index contributed by atoms with van der Waals surface area (Å²) in [7, 11) is -1.41. The molecule has 6 heteroatoms. The second-order valence-corrected chi connectivity index (χ2v) is 9.03. The van der Waals surface area contributed by atoms with Crippen LogP contribution in [-0.2, 0) is 21.1 Å². The van der Waals surface area contributed by atoms with E-state index in [0.717, 1.165) is 35.7 Å². The number of carbonyl (C=O) groups is 1. The summed E-state index contributed by atoms with van der Waals surface area (Å²) >= 11 is 0. The molecule has 0 bridgehead atoms. The number of aromatic nitrogens is 1. The van der Waals surface area contributed by atoms with Gasteiger partial charge in [0, 0.05) is 36.4 Å². The fourth-order valence-corrected chi connectivity index (χ4v) is 5.25. The van der Waals surface area contributed by atoms with Crippen LogP contribution in [0.3, 0.4) is 0 Å². The lowest BCUT2D eigenvalue weighted by atomic mass is 9.93. The smallest absolute Gasteiger partial charge is 0.227 e. The van der Waals surface area contributed by atoms with Crippen LogP contribution in [0.4, 0.5) is 0 Å². The Morgan fingerprint density at radius 3 is 2.71 bits per heavy atom. The molecule has 1 aromatic heterocycles. The van der Waals surface area contributed by atoms with E-state index in [0.29, 0.717) is 6.42 Å². The Bertz CT molecular complexity index is 841. The number of rotatable bonds is 4. The van der Waals surface area contributed by atoms with Crippen molar-refractivity contribution in [1.82, 2.24) is 9.88 Å². The molecule has 2 aromatic rings. The Morgan fingerprint density at radius 2 is 1.96 bits per heavy atom. The predicted molar refractivity (Wildman–Crippen MR) is 95.7 cm³/mol. The normalized spacial score (nSPS) is 21.8. The van der Waals surface area contributed by atoms with Crippen LogP contribution in [0.5, 0.6) is 0 Å². The lowest BCUT2D eigenvalue weighted by Crippen LogP contribution is -2.49. The maximum absolute atomic E-state index is 12.7. The number of H-pyrrole nitrogens is 1. The third kappa shape index (κ3) is 3.34. The van der Waals surface area contributed by atoms with Gasteiger partial charge in [0.05, 0.1) is 11.7 Å². The van der Waals surface area contributed by atoms with Gasteiger partial charge in [0.2, 0.25) is 5.91 Å². The average molecular weight is 348 g/mol. The summed E-state index contributed by atoms with van der Waals surface area (Å²) in [4.78, 5) is 17.6. The molecule has 0 spiro atoms. The molecular weight excluding hydrogens is 324 g/mol. The molecule has 1 N–H and O–H groups in total. The van der Waals surface area contributed by atoms with Gasteiger partial charge in [-0.25, -0.2) is 8.42 Å². The van der Waals surface area contributed by atoms with E-state index in [9.17, 15) is 13.2 Å². The first kappa shape index (κ1) is 17.0. The largest absolute Gasteiger partial charge is 0.361 e. The molecular formula is C18H24N2O3S. The van der Waals surface area contributed by atoms with Crippen LogP contribution in [0.2, 0.25) is 0 Å². The zero-order chi connectivity index (χ0) is 17.3. The van der Waals surface area contributed by atoms with E-state index in [1.165, 1.54) is 6.26 Å². The number of hydrogen-bond donors (Lipinski definition) is 1. The van der Waals surface area contributed by atoms with Crippen molar-refractivity contribution in [2.45, 2.75) is 43.4 Å². The van der Waals surface area contributed by atoms with Gasteiger partial charge in [-0.1, -0.05) is 31.0 Å². The molecule has 24 heavy (non-hydrogen) atoms. The molecule has 1 heterocycles. The Balaban J connectivity index is 1.78. The zero-order valence-electron chi connectivity index (χ0n) is 14.2. The minimum atomic E-state index is -3.15. The van der Waals surface area contributed by atoms with E-state index in [1.807, 2.05) is 30.5 Å². The van der Waals surface area contributed by atoms with Gasteiger partial charge in [-0.15, -0.1) is 0 Å². The van der Waals surface area contributed by atoms with Crippen LogP contribution in [-0.4, -0.2) is 48.8 Å². The monoisotopic (exact) mass is 348 g/mol. The molecule has 130 valence electrons. The van der Waals surface area contributed by atoms with E-state index in [2.05, 4.69) is 4.98 Å². The first-order valence-electron chi connectivity index (χ1n) is 8.37. The van der Waals surface area contributed by atoms with Gasteiger partial charge >= 0.3 is 0 Å². The second kappa shape index (κ2) is 6.59. The molecule has 0 unspecified atom stereocenters. The number of likely N-dealkylation sites (N-methyl/N-ethyl adjacent to an activating group) is 1. The number of hydrogen-bond acceptors (Lipinski definition) is 3. The van der Waals surface area contributed by atoms with Crippen LogP contribution < -0.4 is 0 Å². The van der Waals surface area contributed by atoms with Gasteiger partial charge in [-0.3, -0.25) is 4.79 Å². The molecule has 1 aromatic carbocycles. The third-order valence-electron chi connectivity index (χ3n) is 5.13. The van der Waals surface area contributed by atoms with Gasteiger partial charge < -0.3 is 9.88 Å². The second-order valence-electron chi connectivity index (χ2n) is 6.76. The highest BCUT2D eigenvalue weighted by Crippen LogP contribution is 2.28. The predicted octanol–water partition coefficient (Wildman–Crippen LogP) is 2.52. The van der Waals surface area contributed by atoms with E-state index in [1.54, 1.807) is 11.9 Å². The van der Waals surface area contributed by atoms with Crippen molar-refractivity contribution in [3.63, 3.8) is 0 Å². The van der Waals surface area contributed by atoms with Crippen molar-refractivity contribution in [3.05, 3.63) is 36.0 Å². The number of nitrogens with zero attached hydrogens (tertiary/aromatic N) is 1. The van der Waals surface area contributed by atoms with Crippen molar-refractivity contribution in [2.24, 2.45) is 0 Å². The molecule has 1 amide bonds. The van der Waals surface area contributed by atoms with Crippen molar-refractivity contribution in [1.29, 1.82) is 0 Å². The van der Waals surface area contributed by atoms with Gasteiger partial charge in [-0.2, -0.15) is 0 Å². The highest BCUT2D eigenvalue weighted by molar-refractivity contribution is 7.91. The lowest BCUT2D eigenvalue weighted by Gasteiger charge is -2.37. The molecule has 5 nitrogen and oxygen atoms in total. The minimum absolute atomic E-state index is 0.0275. The van der Waals surface area contributed by atoms with E-state index in [-0.39, 0.29) is 18.4 Å². The Labute approximate surface area is 143 Å².